The number of benzene rings is 1. The van der Waals surface area contributed by atoms with Crippen LogP contribution in [0, 0.1) is 10.1 Å². The molecule has 6 heteroatoms. The van der Waals surface area contributed by atoms with Crippen LogP contribution < -0.4 is 0 Å². The highest BCUT2D eigenvalue weighted by Gasteiger charge is 2.24. The first-order valence-electron chi connectivity index (χ1n) is 7.04. The Morgan fingerprint density at radius 2 is 2.05 bits per heavy atom. The van der Waals surface area contributed by atoms with E-state index in [-0.39, 0.29) is 24.2 Å². The van der Waals surface area contributed by atoms with Gasteiger partial charge in [0, 0.05) is 31.3 Å². The Kier molecular flexibility index (Phi) is 6.30. The van der Waals surface area contributed by atoms with Crippen LogP contribution >= 0.6 is 0 Å². The molecule has 116 valence electrons. The molecule has 1 aromatic rings. The molecule has 0 aliphatic rings. The summed E-state index contributed by atoms with van der Waals surface area (Å²) in [6, 6.07) is 6.18. The SMILES string of the molecule is CC(C(=O)N(CCCO)C(C)C)c1cccc([N+](=O)[O-])c1. The van der Waals surface area contributed by atoms with Gasteiger partial charge in [0.2, 0.25) is 5.91 Å². The van der Waals surface area contributed by atoms with Gasteiger partial charge in [0.15, 0.2) is 0 Å². The van der Waals surface area contributed by atoms with Gasteiger partial charge in [0.05, 0.1) is 10.8 Å². The van der Waals surface area contributed by atoms with Crippen molar-refractivity contribution in [3.8, 4) is 0 Å². The minimum atomic E-state index is -0.466. The molecule has 6 nitrogen and oxygen atoms in total. The van der Waals surface area contributed by atoms with Crippen molar-refractivity contribution >= 4 is 11.6 Å². The fourth-order valence-corrected chi connectivity index (χ4v) is 2.16. The summed E-state index contributed by atoms with van der Waals surface area (Å²) in [4.78, 5) is 24.6. The van der Waals surface area contributed by atoms with Crippen molar-refractivity contribution < 1.29 is 14.8 Å². The summed E-state index contributed by atoms with van der Waals surface area (Å²) in [5.41, 5.74) is 0.613. The van der Waals surface area contributed by atoms with E-state index in [2.05, 4.69) is 0 Å². The number of carbonyl (C=O) groups excluding carboxylic acids is 1. The molecule has 0 aromatic heterocycles. The highest BCUT2D eigenvalue weighted by molar-refractivity contribution is 5.83. The third-order valence-electron chi connectivity index (χ3n) is 3.42. The van der Waals surface area contributed by atoms with Crippen molar-refractivity contribution in [1.82, 2.24) is 4.90 Å². The summed E-state index contributed by atoms with van der Waals surface area (Å²) in [5.74, 6) is -0.537. The monoisotopic (exact) mass is 294 g/mol. The fraction of sp³-hybridized carbons (Fsp3) is 0.533. The lowest BCUT2D eigenvalue weighted by Gasteiger charge is -2.29. The Labute approximate surface area is 124 Å². The van der Waals surface area contributed by atoms with Crippen LogP contribution in [0.5, 0.6) is 0 Å². The van der Waals surface area contributed by atoms with Crippen LogP contribution in [-0.4, -0.2) is 40.0 Å². The van der Waals surface area contributed by atoms with E-state index in [1.54, 1.807) is 24.0 Å². The molecule has 0 aliphatic carbocycles. The van der Waals surface area contributed by atoms with Gasteiger partial charge in [-0.3, -0.25) is 14.9 Å². The average Bonchev–Trinajstić information content (AvgIpc) is 2.46. The second-order valence-electron chi connectivity index (χ2n) is 5.28. The molecule has 21 heavy (non-hydrogen) atoms. The number of rotatable bonds is 7. The van der Waals surface area contributed by atoms with Gasteiger partial charge in [0.1, 0.15) is 0 Å². The molecule has 0 saturated carbocycles. The minimum absolute atomic E-state index is 0.0152. The maximum atomic E-state index is 12.5. The van der Waals surface area contributed by atoms with Crippen LogP contribution in [-0.2, 0) is 4.79 Å². The smallest absolute Gasteiger partial charge is 0.269 e. The molecule has 0 bridgehead atoms. The highest BCUT2D eigenvalue weighted by atomic mass is 16.6. The Bertz CT molecular complexity index is 502. The third kappa shape index (κ3) is 4.53. The number of nitrogens with zero attached hydrogens (tertiary/aromatic N) is 2. The molecular formula is C15H22N2O4. The molecule has 0 spiro atoms. The van der Waals surface area contributed by atoms with E-state index in [4.69, 9.17) is 5.11 Å². The molecule has 0 aliphatic heterocycles. The summed E-state index contributed by atoms with van der Waals surface area (Å²) >= 11 is 0. The van der Waals surface area contributed by atoms with E-state index < -0.39 is 10.8 Å². The van der Waals surface area contributed by atoms with Gasteiger partial charge in [-0.1, -0.05) is 12.1 Å². The number of aliphatic hydroxyl groups excluding tert-OH is 1. The van der Waals surface area contributed by atoms with Gasteiger partial charge >= 0.3 is 0 Å². The quantitative estimate of drug-likeness (QED) is 0.618. The molecule has 0 heterocycles. The maximum Gasteiger partial charge on any atom is 0.269 e. The van der Waals surface area contributed by atoms with E-state index in [1.165, 1.54) is 12.1 Å². The molecular weight excluding hydrogens is 272 g/mol. The van der Waals surface area contributed by atoms with Crippen LogP contribution in [0.15, 0.2) is 24.3 Å². The number of amides is 1. The Morgan fingerprint density at radius 1 is 1.38 bits per heavy atom. The van der Waals surface area contributed by atoms with E-state index in [0.29, 0.717) is 18.5 Å². The molecule has 1 amide bonds. The summed E-state index contributed by atoms with van der Waals surface area (Å²) in [6.45, 7) is 6.08. The van der Waals surface area contributed by atoms with E-state index in [0.717, 1.165) is 0 Å². The molecule has 1 N–H and O–H groups in total. The van der Waals surface area contributed by atoms with Gasteiger partial charge in [0.25, 0.3) is 5.69 Å². The third-order valence-corrected chi connectivity index (χ3v) is 3.42. The van der Waals surface area contributed by atoms with E-state index >= 15 is 0 Å². The summed E-state index contributed by atoms with van der Waals surface area (Å²) in [6.07, 6.45) is 0.519. The summed E-state index contributed by atoms with van der Waals surface area (Å²) < 4.78 is 0. The largest absolute Gasteiger partial charge is 0.396 e. The Hall–Kier alpha value is -1.95. The fourth-order valence-electron chi connectivity index (χ4n) is 2.16. The van der Waals surface area contributed by atoms with Crippen molar-refractivity contribution in [2.24, 2.45) is 0 Å². The van der Waals surface area contributed by atoms with Crippen molar-refractivity contribution in [2.45, 2.75) is 39.2 Å². The summed E-state index contributed by atoms with van der Waals surface area (Å²) in [5, 5.41) is 19.7. The second-order valence-corrected chi connectivity index (χ2v) is 5.28. The van der Waals surface area contributed by atoms with Crippen LogP contribution in [0.1, 0.15) is 38.7 Å². The van der Waals surface area contributed by atoms with Crippen LogP contribution in [0.2, 0.25) is 0 Å². The number of carbonyl (C=O) groups is 1. The average molecular weight is 294 g/mol. The van der Waals surface area contributed by atoms with Gasteiger partial charge in [-0.25, -0.2) is 0 Å². The lowest BCUT2D eigenvalue weighted by atomic mass is 9.98. The molecule has 0 fully saturated rings. The van der Waals surface area contributed by atoms with Crippen molar-refractivity contribution in [2.75, 3.05) is 13.2 Å². The molecule has 0 saturated heterocycles. The van der Waals surface area contributed by atoms with Crippen LogP contribution in [0.4, 0.5) is 5.69 Å². The van der Waals surface area contributed by atoms with Gasteiger partial charge in [-0.05, 0) is 32.8 Å². The number of non-ortho nitro benzene ring substituents is 1. The number of hydrogen-bond acceptors (Lipinski definition) is 4. The van der Waals surface area contributed by atoms with Crippen molar-refractivity contribution in [3.63, 3.8) is 0 Å². The first-order valence-corrected chi connectivity index (χ1v) is 7.04. The normalized spacial score (nSPS) is 12.2. The minimum Gasteiger partial charge on any atom is -0.396 e. The van der Waals surface area contributed by atoms with Crippen LogP contribution in [0.25, 0.3) is 0 Å². The molecule has 0 radical (unpaired) electrons. The van der Waals surface area contributed by atoms with E-state index in [1.807, 2.05) is 13.8 Å². The molecule has 1 rings (SSSR count). The highest BCUT2D eigenvalue weighted by Crippen LogP contribution is 2.23. The maximum absolute atomic E-state index is 12.5. The van der Waals surface area contributed by atoms with Gasteiger partial charge in [-0.15, -0.1) is 0 Å². The predicted molar refractivity (Wildman–Crippen MR) is 80.1 cm³/mol. The number of nitro benzene ring substituents is 1. The number of aliphatic hydroxyl groups is 1. The predicted octanol–water partition coefficient (Wildman–Crippen LogP) is 2.32. The standard InChI is InChI=1S/C15H22N2O4/c1-11(2)16(8-5-9-18)15(19)12(3)13-6-4-7-14(10-13)17(20)21/h4,6-7,10-12,18H,5,8-9H2,1-3H3. The number of nitro groups is 1. The molecule has 1 unspecified atom stereocenters. The second kappa shape index (κ2) is 7.73. The first kappa shape index (κ1) is 17.1. The molecule has 1 aromatic carbocycles. The summed E-state index contributed by atoms with van der Waals surface area (Å²) in [7, 11) is 0. The van der Waals surface area contributed by atoms with Crippen LogP contribution in [0.3, 0.4) is 0 Å². The van der Waals surface area contributed by atoms with Gasteiger partial charge < -0.3 is 10.0 Å². The van der Waals surface area contributed by atoms with E-state index in [9.17, 15) is 14.9 Å². The zero-order valence-electron chi connectivity index (χ0n) is 12.7. The topological polar surface area (TPSA) is 83.7 Å². The van der Waals surface area contributed by atoms with Gasteiger partial charge in [-0.2, -0.15) is 0 Å². The van der Waals surface area contributed by atoms with Crippen molar-refractivity contribution in [1.29, 1.82) is 0 Å². The Morgan fingerprint density at radius 3 is 2.57 bits per heavy atom. The zero-order valence-corrected chi connectivity index (χ0v) is 12.7. The van der Waals surface area contributed by atoms with Crippen molar-refractivity contribution in [3.05, 3.63) is 39.9 Å². The zero-order chi connectivity index (χ0) is 16.0. The lowest BCUT2D eigenvalue weighted by Crippen LogP contribution is -2.40. The number of hydrogen-bond donors (Lipinski definition) is 1. The lowest BCUT2D eigenvalue weighted by molar-refractivity contribution is -0.384. The first-order chi connectivity index (χ1) is 9.88. The Balaban J connectivity index is 2.94. The molecule has 1 atom stereocenters.